The van der Waals surface area contributed by atoms with Crippen molar-refractivity contribution >= 4 is 11.9 Å². The van der Waals surface area contributed by atoms with Gasteiger partial charge < -0.3 is 9.47 Å². The molecule has 0 aliphatic heterocycles. The Balaban J connectivity index is 4.87. The van der Waals surface area contributed by atoms with E-state index in [-0.39, 0.29) is 6.42 Å². The van der Waals surface area contributed by atoms with Gasteiger partial charge in [0.05, 0.1) is 6.42 Å². The Morgan fingerprint density at radius 2 is 1.64 bits per heavy atom. The Bertz CT molecular complexity index is 245. The number of rotatable bonds is 4. The predicted octanol–water partition coefficient (Wildman–Crippen LogP) is 0.453. The number of ether oxygens (including phenoxy) is 2. The van der Waals surface area contributed by atoms with Crippen LogP contribution in [-0.4, -0.2) is 22.8 Å². The first kappa shape index (κ1) is 12.3. The molecule has 0 aliphatic carbocycles. The molecule has 0 unspecified atom stereocenters. The molecule has 0 saturated heterocycles. The third-order valence-electron chi connectivity index (χ3n) is 1.33. The quantitative estimate of drug-likeness (QED) is 0.286. The molecular weight excluding hydrogens is 194 g/mol. The SMILES string of the molecule is CCC(OC(C)=O)(OC(C)=O)[N+](=O)[O-]. The van der Waals surface area contributed by atoms with E-state index >= 15 is 0 Å². The zero-order chi connectivity index (χ0) is 11.4. The van der Waals surface area contributed by atoms with Gasteiger partial charge in [-0.2, -0.15) is 0 Å². The van der Waals surface area contributed by atoms with Crippen LogP contribution in [0.25, 0.3) is 0 Å². The minimum Gasteiger partial charge on any atom is -0.363 e. The fourth-order valence-electron chi connectivity index (χ4n) is 0.818. The summed E-state index contributed by atoms with van der Waals surface area (Å²) < 4.78 is 8.76. The Hall–Kier alpha value is -1.66. The van der Waals surface area contributed by atoms with Crippen LogP contribution in [0.1, 0.15) is 27.2 Å². The second-order valence-corrected chi connectivity index (χ2v) is 2.51. The summed E-state index contributed by atoms with van der Waals surface area (Å²) in [5, 5.41) is 10.6. The molecule has 0 aromatic carbocycles. The maximum absolute atomic E-state index is 10.6. The molecule has 14 heavy (non-hydrogen) atoms. The molecule has 0 aromatic heterocycles. The number of hydrogen-bond acceptors (Lipinski definition) is 6. The molecule has 0 atom stereocenters. The molecule has 0 fully saturated rings. The van der Waals surface area contributed by atoms with Gasteiger partial charge in [0.1, 0.15) is 4.92 Å². The molecule has 0 radical (unpaired) electrons. The van der Waals surface area contributed by atoms with Gasteiger partial charge in [0, 0.05) is 13.8 Å². The third-order valence-corrected chi connectivity index (χ3v) is 1.33. The van der Waals surface area contributed by atoms with Crippen molar-refractivity contribution < 1.29 is 24.0 Å². The van der Waals surface area contributed by atoms with E-state index in [1.54, 1.807) is 0 Å². The van der Waals surface area contributed by atoms with Gasteiger partial charge in [-0.25, -0.2) is 0 Å². The van der Waals surface area contributed by atoms with Crippen LogP contribution < -0.4 is 0 Å². The summed E-state index contributed by atoms with van der Waals surface area (Å²) >= 11 is 0. The summed E-state index contributed by atoms with van der Waals surface area (Å²) in [6.45, 7) is 3.36. The normalized spacial score (nSPS) is 10.5. The molecule has 0 saturated carbocycles. The maximum Gasteiger partial charge on any atom is 0.530 e. The molecule has 80 valence electrons. The van der Waals surface area contributed by atoms with Crippen molar-refractivity contribution in [2.24, 2.45) is 0 Å². The van der Waals surface area contributed by atoms with Gasteiger partial charge in [0.15, 0.2) is 0 Å². The molecule has 0 heterocycles. The highest BCUT2D eigenvalue weighted by molar-refractivity contribution is 5.68. The topological polar surface area (TPSA) is 95.7 Å². The van der Waals surface area contributed by atoms with Crippen molar-refractivity contribution in [1.82, 2.24) is 0 Å². The molecule has 0 spiro atoms. The Morgan fingerprint density at radius 3 is 1.79 bits per heavy atom. The van der Waals surface area contributed by atoms with Crippen LogP contribution in [0.3, 0.4) is 0 Å². The lowest BCUT2D eigenvalue weighted by Crippen LogP contribution is -2.46. The second-order valence-electron chi connectivity index (χ2n) is 2.51. The molecule has 7 heteroatoms. The number of esters is 2. The predicted molar refractivity (Wildman–Crippen MR) is 43.5 cm³/mol. The van der Waals surface area contributed by atoms with E-state index in [0.717, 1.165) is 13.8 Å². The lowest BCUT2D eigenvalue weighted by Gasteiger charge is -2.20. The van der Waals surface area contributed by atoms with E-state index in [4.69, 9.17) is 0 Å². The van der Waals surface area contributed by atoms with E-state index in [2.05, 4.69) is 9.47 Å². The summed E-state index contributed by atoms with van der Waals surface area (Å²) in [6.07, 6.45) is -0.251. The lowest BCUT2D eigenvalue weighted by atomic mass is 10.3. The number of nitrogens with zero attached hydrogens (tertiary/aromatic N) is 1. The van der Waals surface area contributed by atoms with Crippen molar-refractivity contribution in [2.75, 3.05) is 0 Å². The van der Waals surface area contributed by atoms with E-state index in [9.17, 15) is 19.7 Å². The van der Waals surface area contributed by atoms with Crippen LogP contribution in [-0.2, 0) is 19.1 Å². The summed E-state index contributed by atoms with van der Waals surface area (Å²) in [5.74, 6) is -4.16. The van der Waals surface area contributed by atoms with Crippen LogP contribution in [0.5, 0.6) is 0 Å². The van der Waals surface area contributed by atoms with Crippen molar-refractivity contribution in [2.45, 2.75) is 33.1 Å². The fourth-order valence-corrected chi connectivity index (χ4v) is 0.818. The fraction of sp³-hybridized carbons (Fsp3) is 0.714. The highest BCUT2D eigenvalue weighted by Crippen LogP contribution is 2.19. The van der Waals surface area contributed by atoms with Crippen molar-refractivity contribution in [3.8, 4) is 0 Å². The second kappa shape index (κ2) is 4.54. The summed E-state index contributed by atoms with van der Waals surface area (Å²) in [4.78, 5) is 30.8. The molecule has 0 rings (SSSR count). The Kier molecular flexibility index (Phi) is 4.00. The minimum absolute atomic E-state index is 0.251. The average molecular weight is 205 g/mol. The van der Waals surface area contributed by atoms with Gasteiger partial charge in [-0.3, -0.25) is 19.7 Å². The molecule has 0 aliphatic rings. The van der Waals surface area contributed by atoms with Gasteiger partial charge in [0.25, 0.3) is 0 Å². The van der Waals surface area contributed by atoms with E-state index < -0.39 is 22.8 Å². The van der Waals surface area contributed by atoms with Gasteiger partial charge >= 0.3 is 17.8 Å². The average Bonchev–Trinajstić information content (AvgIpc) is 2.00. The zero-order valence-corrected chi connectivity index (χ0v) is 8.10. The van der Waals surface area contributed by atoms with Crippen LogP contribution in [0.2, 0.25) is 0 Å². The first-order chi connectivity index (χ1) is 6.34. The Morgan fingerprint density at radius 1 is 1.29 bits per heavy atom. The molecular formula is C7H11NO6. The van der Waals surface area contributed by atoms with Gasteiger partial charge in [-0.05, 0) is 0 Å². The van der Waals surface area contributed by atoms with E-state index in [1.165, 1.54) is 6.92 Å². The summed E-state index contributed by atoms with van der Waals surface area (Å²) in [5.41, 5.74) is 0. The van der Waals surface area contributed by atoms with Crippen molar-refractivity contribution in [3.63, 3.8) is 0 Å². The Labute approximate surface area is 80.1 Å². The number of nitro groups is 1. The molecule has 0 amide bonds. The van der Waals surface area contributed by atoms with Crippen LogP contribution in [0.4, 0.5) is 0 Å². The van der Waals surface area contributed by atoms with Crippen molar-refractivity contribution in [3.05, 3.63) is 10.1 Å². The van der Waals surface area contributed by atoms with Gasteiger partial charge in [0.2, 0.25) is 0 Å². The van der Waals surface area contributed by atoms with E-state index in [0.29, 0.717) is 0 Å². The lowest BCUT2D eigenvalue weighted by molar-refractivity contribution is -0.676. The van der Waals surface area contributed by atoms with Crippen LogP contribution in [0, 0.1) is 10.1 Å². The number of carbonyl (C=O) groups is 2. The summed E-state index contributed by atoms with van der Waals surface area (Å²) in [7, 11) is 0. The van der Waals surface area contributed by atoms with E-state index in [1.807, 2.05) is 0 Å². The molecule has 0 aromatic rings. The molecule has 0 N–H and O–H groups in total. The minimum atomic E-state index is -2.39. The number of hydrogen-bond donors (Lipinski definition) is 0. The highest BCUT2D eigenvalue weighted by Gasteiger charge is 2.49. The molecule has 7 nitrogen and oxygen atoms in total. The largest absolute Gasteiger partial charge is 0.530 e. The number of carbonyl (C=O) groups excluding carboxylic acids is 2. The van der Waals surface area contributed by atoms with Gasteiger partial charge in [-0.1, -0.05) is 6.92 Å². The smallest absolute Gasteiger partial charge is 0.363 e. The zero-order valence-electron chi connectivity index (χ0n) is 8.10. The third kappa shape index (κ3) is 3.00. The van der Waals surface area contributed by atoms with Crippen LogP contribution >= 0.6 is 0 Å². The first-order valence-corrected chi connectivity index (χ1v) is 3.87. The summed E-state index contributed by atoms with van der Waals surface area (Å²) in [6, 6.07) is 0. The standard InChI is InChI=1S/C7H11NO6/c1-4-7(8(11)12,13-5(2)9)14-6(3)10/h4H2,1-3H3. The van der Waals surface area contributed by atoms with Crippen molar-refractivity contribution in [1.29, 1.82) is 0 Å². The maximum atomic E-state index is 10.6. The first-order valence-electron chi connectivity index (χ1n) is 3.87. The molecule has 0 bridgehead atoms. The van der Waals surface area contributed by atoms with Crippen LogP contribution in [0.15, 0.2) is 0 Å². The monoisotopic (exact) mass is 205 g/mol. The van der Waals surface area contributed by atoms with Gasteiger partial charge in [-0.15, -0.1) is 0 Å². The highest BCUT2D eigenvalue weighted by atomic mass is 16.8.